The Morgan fingerprint density at radius 3 is 2.75 bits per heavy atom. The van der Waals surface area contributed by atoms with E-state index in [-0.39, 0.29) is 11.3 Å². The molecule has 7 nitrogen and oxygen atoms in total. The number of nitrogens with zero attached hydrogens (tertiary/aromatic N) is 3. The van der Waals surface area contributed by atoms with Gasteiger partial charge in [0.05, 0.1) is 5.56 Å². The topological polar surface area (TPSA) is 118 Å². The van der Waals surface area contributed by atoms with Crippen LogP contribution in [0.1, 0.15) is 10.4 Å². The maximum absolute atomic E-state index is 11.0. The van der Waals surface area contributed by atoms with Crippen molar-refractivity contribution in [3.8, 4) is 5.75 Å². The van der Waals surface area contributed by atoms with Crippen LogP contribution in [-0.2, 0) is 4.79 Å². The van der Waals surface area contributed by atoms with E-state index >= 15 is 0 Å². The van der Waals surface area contributed by atoms with Crippen molar-refractivity contribution in [2.45, 2.75) is 0 Å². The summed E-state index contributed by atoms with van der Waals surface area (Å²) in [7, 11) is 0. The van der Waals surface area contributed by atoms with Gasteiger partial charge >= 0.3 is 0 Å². The van der Waals surface area contributed by atoms with Crippen LogP contribution >= 0.6 is 0 Å². The predicted molar refractivity (Wildman–Crippen MR) is 54.6 cm³/mol. The minimum atomic E-state index is -0.776. The van der Waals surface area contributed by atoms with Gasteiger partial charge in [-0.25, -0.2) is 0 Å². The van der Waals surface area contributed by atoms with Gasteiger partial charge in [-0.15, -0.1) is 0 Å². The van der Waals surface area contributed by atoms with Crippen molar-refractivity contribution in [2.75, 3.05) is 6.61 Å². The largest absolute Gasteiger partial charge is 0.485 e. The summed E-state index contributed by atoms with van der Waals surface area (Å²) in [6.45, 7) is -0.436. The molecule has 0 aliphatic carbocycles. The van der Waals surface area contributed by atoms with Crippen LogP contribution in [0.4, 0.5) is 0 Å². The van der Waals surface area contributed by atoms with Crippen molar-refractivity contribution < 1.29 is 14.3 Å². The highest BCUT2D eigenvalue weighted by Crippen LogP contribution is 2.16. The van der Waals surface area contributed by atoms with Gasteiger partial charge < -0.3 is 10.5 Å². The number of nitrogens with two attached hydrogens (primary N) is 1. The number of para-hydroxylation sites is 1. The van der Waals surface area contributed by atoms with Gasteiger partial charge in [-0.3, -0.25) is 9.59 Å². The van der Waals surface area contributed by atoms with E-state index in [1.54, 1.807) is 12.1 Å². The molecular weight excluding hydrogens is 212 g/mol. The van der Waals surface area contributed by atoms with Crippen molar-refractivity contribution >= 4 is 11.8 Å². The SMILES string of the molecule is [N-]=[N+]=NC(=O)COc1ccccc1C(N)=O. The third-order valence-corrected chi connectivity index (χ3v) is 1.66. The summed E-state index contributed by atoms with van der Waals surface area (Å²) in [4.78, 5) is 24.1. The number of hydrogen-bond donors (Lipinski definition) is 1. The van der Waals surface area contributed by atoms with Crippen LogP contribution in [0.3, 0.4) is 0 Å². The van der Waals surface area contributed by atoms with Gasteiger partial charge in [0.2, 0.25) is 0 Å². The van der Waals surface area contributed by atoms with Crippen LogP contribution < -0.4 is 10.5 Å². The summed E-state index contributed by atoms with van der Waals surface area (Å²) in [5, 5.41) is 2.81. The van der Waals surface area contributed by atoms with E-state index in [9.17, 15) is 9.59 Å². The molecule has 0 heterocycles. The quantitative estimate of drug-likeness (QED) is 0.463. The molecule has 2 amide bonds. The lowest BCUT2D eigenvalue weighted by Crippen LogP contribution is -2.15. The van der Waals surface area contributed by atoms with Crippen molar-refractivity contribution in [3.63, 3.8) is 0 Å². The van der Waals surface area contributed by atoms with Gasteiger partial charge in [-0.2, -0.15) is 0 Å². The molecule has 0 saturated heterocycles. The number of carbonyl (C=O) groups is 2. The first-order chi connectivity index (χ1) is 7.65. The summed E-state index contributed by atoms with van der Waals surface area (Å²) >= 11 is 0. The zero-order chi connectivity index (χ0) is 12.0. The minimum Gasteiger partial charge on any atom is -0.485 e. The molecule has 0 radical (unpaired) electrons. The maximum Gasteiger partial charge on any atom is 0.256 e. The Balaban J connectivity index is 2.77. The lowest BCUT2D eigenvalue weighted by atomic mass is 10.2. The minimum absolute atomic E-state index is 0.163. The molecule has 0 bridgehead atoms. The molecular formula is C9H8N4O3. The van der Waals surface area contributed by atoms with Crippen LogP contribution in [0.25, 0.3) is 10.4 Å². The number of amides is 2. The van der Waals surface area contributed by atoms with Crippen LogP contribution in [-0.4, -0.2) is 18.4 Å². The van der Waals surface area contributed by atoms with Gasteiger partial charge in [0.1, 0.15) is 5.75 Å². The smallest absolute Gasteiger partial charge is 0.256 e. The number of carbonyl (C=O) groups excluding carboxylic acids is 2. The highest BCUT2D eigenvalue weighted by molar-refractivity contribution is 5.95. The predicted octanol–water partition coefficient (Wildman–Crippen LogP) is 1.00. The zero-order valence-electron chi connectivity index (χ0n) is 8.16. The molecule has 1 aromatic rings. The Bertz CT molecular complexity index is 466. The molecule has 7 heteroatoms. The monoisotopic (exact) mass is 220 g/mol. The zero-order valence-corrected chi connectivity index (χ0v) is 8.16. The average molecular weight is 220 g/mol. The molecule has 0 unspecified atom stereocenters. The maximum atomic E-state index is 11.0. The van der Waals surface area contributed by atoms with Gasteiger partial charge in [0.25, 0.3) is 11.8 Å². The second kappa shape index (κ2) is 5.38. The lowest BCUT2D eigenvalue weighted by molar-refractivity contribution is -0.119. The standard InChI is InChI=1S/C9H8N4O3/c10-9(15)6-3-1-2-4-7(6)16-5-8(14)12-13-11/h1-4H,5H2,(H2,10,15). The van der Waals surface area contributed by atoms with Gasteiger partial charge in [0.15, 0.2) is 6.61 Å². The number of primary amides is 1. The number of hydrogen-bond acceptors (Lipinski definition) is 3. The number of rotatable bonds is 4. The first-order valence-corrected chi connectivity index (χ1v) is 4.24. The van der Waals surface area contributed by atoms with Crippen molar-refractivity contribution in [3.05, 3.63) is 40.3 Å². The van der Waals surface area contributed by atoms with Crippen molar-refractivity contribution in [2.24, 2.45) is 10.8 Å². The van der Waals surface area contributed by atoms with Crippen molar-refractivity contribution in [1.82, 2.24) is 0 Å². The molecule has 0 fully saturated rings. The van der Waals surface area contributed by atoms with E-state index in [4.69, 9.17) is 16.0 Å². The second-order valence-corrected chi connectivity index (χ2v) is 2.73. The Labute approximate surface area is 90.4 Å². The highest BCUT2D eigenvalue weighted by Gasteiger charge is 2.09. The number of azide groups is 1. The van der Waals surface area contributed by atoms with E-state index in [1.807, 2.05) is 0 Å². The van der Waals surface area contributed by atoms with Gasteiger partial charge in [-0.1, -0.05) is 12.1 Å². The molecule has 0 atom stereocenters. The summed E-state index contributed by atoms with van der Waals surface area (Å²) in [5.41, 5.74) is 13.2. The first kappa shape index (κ1) is 11.5. The molecule has 0 aliphatic rings. The van der Waals surface area contributed by atoms with Crippen LogP contribution in [0.5, 0.6) is 5.75 Å². The Hall–Kier alpha value is -2.53. The van der Waals surface area contributed by atoms with E-state index < -0.39 is 18.4 Å². The fourth-order valence-electron chi connectivity index (χ4n) is 1.01. The molecule has 16 heavy (non-hydrogen) atoms. The Morgan fingerprint density at radius 1 is 1.44 bits per heavy atom. The highest BCUT2D eigenvalue weighted by atomic mass is 16.5. The summed E-state index contributed by atoms with van der Waals surface area (Å²) < 4.78 is 5.00. The molecule has 0 aliphatic heterocycles. The normalized spacial score (nSPS) is 9.00. The van der Waals surface area contributed by atoms with E-state index in [0.29, 0.717) is 0 Å². The molecule has 1 aromatic carbocycles. The van der Waals surface area contributed by atoms with E-state index in [2.05, 4.69) is 10.0 Å². The first-order valence-electron chi connectivity index (χ1n) is 4.24. The molecule has 2 N–H and O–H groups in total. The summed E-state index contributed by atoms with van der Waals surface area (Å²) in [6.07, 6.45) is 0. The average Bonchev–Trinajstić information content (AvgIpc) is 2.27. The van der Waals surface area contributed by atoms with Crippen LogP contribution in [0.2, 0.25) is 0 Å². The van der Waals surface area contributed by atoms with Gasteiger partial charge in [-0.05, 0) is 22.8 Å². The fourth-order valence-corrected chi connectivity index (χ4v) is 1.01. The lowest BCUT2D eigenvalue weighted by Gasteiger charge is -2.06. The molecule has 0 saturated carbocycles. The van der Waals surface area contributed by atoms with Crippen LogP contribution in [0, 0.1) is 0 Å². The second-order valence-electron chi connectivity index (χ2n) is 2.73. The molecule has 82 valence electrons. The van der Waals surface area contributed by atoms with Crippen LogP contribution in [0.15, 0.2) is 29.4 Å². The molecule has 0 aromatic heterocycles. The summed E-state index contributed by atoms with van der Waals surface area (Å²) in [5.74, 6) is -1.26. The number of ether oxygens (including phenoxy) is 1. The Kier molecular flexibility index (Phi) is 3.88. The third kappa shape index (κ3) is 3.00. The van der Waals surface area contributed by atoms with E-state index in [0.717, 1.165) is 0 Å². The molecule has 0 spiro atoms. The Morgan fingerprint density at radius 2 is 2.12 bits per heavy atom. The third-order valence-electron chi connectivity index (χ3n) is 1.66. The molecule has 1 rings (SSSR count). The number of benzene rings is 1. The van der Waals surface area contributed by atoms with Gasteiger partial charge in [0, 0.05) is 4.91 Å². The van der Waals surface area contributed by atoms with E-state index in [1.165, 1.54) is 12.1 Å². The summed E-state index contributed by atoms with van der Waals surface area (Å²) in [6, 6.07) is 6.20. The van der Waals surface area contributed by atoms with Crippen molar-refractivity contribution in [1.29, 1.82) is 0 Å². The fraction of sp³-hybridized carbons (Fsp3) is 0.111.